The molecule has 0 aliphatic carbocycles. The molecule has 2 aliphatic heterocycles. The van der Waals surface area contributed by atoms with Crippen molar-refractivity contribution in [1.82, 2.24) is 19.5 Å². The highest BCUT2D eigenvalue weighted by molar-refractivity contribution is 5.81. The van der Waals surface area contributed by atoms with E-state index in [9.17, 15) is 5.11 Å². The number of aliphatic hydroxyl groups excluding tert-OH is 1. The number of imidazole rings is 1. The summed E-state index contributed by atoms with van der Waals surface area (Å²) in [6.45, 7) is 1.34. The lowest BCUT2D eigenvalue weighted by Gasteiger charge is -2.20. The molecule has 4 heterocycles. The van der Waals surface area contributed by atoms with Crippen molar-refractivity contribution in [3.63, 3.8) is 0 Å². The molecular weight excluding hydrogens is 306 g/mol. The zero-order chi connectivity index (χ0) is 16.0. The van der Waals surface area contributed by atoms with Crippen LogP contribution in [-0.2, 0) is 18.9 Å². The summed E-state index contributed by atoms with van der Waals surface area (Å²) >= 11 is 0. The maximum Gasteiger partial charge on any atom is 0.272 e. The summed E-state index contributed by atoms with van der Waals surface area (Å²) in [5.74, 6) is 0.290. The SMILES string of the molecule is CCO[C@H]1O[C@@H]2[C@H](O1)[C@@H](n1cnc3c(N)ncnc31)O[C@H]2CO. The first-order valence-electron chi connectivity index (χ1n) is 7.34. The molecule has 124 valence electrons. The van der Waals surface area contributed by atoms with Crippen molar-refractivity contribution in [2.75, 3.05) is 18.9 Å². The number of hydrogen-bond donors (Lipinski definition) is 2. The van der Waals surface area contributed by atoms with Crippen molar-refractivity contribution < 1.29 is 24.1 Å². The van der Waals surface area contributed by atoms with Gasteiger partial charge in [-0.3, -0.25) is 4.57 Å². The molecule has 2 aromatic rings. The van der Waals surface area contributed by atoms with Gasteiger partial charge in [0.25, 0.3) is 6.48 Å². The van der Waals surface area contributed by atoms with Gasteiger partial charge in [-0.1, -0.05) is 0 Å². The van der Waals surface area contributed by atoms with Crippen LogP contribution in [0.4, 0.5) is 5.82 Å². The lowest BCUT2D eigenvalue weighted by atomic mass is 10.1. The van der Waals surface area contributed by atoms with E-state index in [0.717, 1.165) is 0 Å². The van der Waals surface area contributed by atoms with Crippen LogP contribution in [0.15, 0.2) is 12.7 Å². The molecule has 3 N–H and O–H groups in total. The van der Waals surface area contributed by atoms with Gasteiger partial charge in [-0.25, -0.2) is 15.0 Å². The smallest absolute Gasteiger partial charge is 0.272 e. The Balaban J connectivity index is 1.69. The predicted molar refractivity (Wildman–Crippen MR) is 75.9 cm³/mol. The predicted octanol–water partition coefficient (Wildman–Crippen LogP) is -0.598. The van der Waals surface area contributed by atoms with Crippen molar-refractivity contribution in [3.05, 3.63) is 12.7 Å². The van der Waals surface area contributed by atoms with E-state index < -0.39 is 31.0 Å². The summed E-state index contributed by atoms with van der Waals surface area (Å²) in [6.07, 6.45) is 0.972. The summed E-state index contributed by atoms with van der Waals surface area (Å²) < 4.78 is 24.4. The largest absolute Gasteiger partial charge is 0.394 e. The Morgan fingerprint density at radius 1 is 1.26 bits per heavy atom. The first-order valence-corrected chi connectivity index (χ1v) is 7.34. The van der Waals surface area contributed by atoms with Gasteiger partial charge >= 0.3 is 0 Å². The highest BCUT2D eigenvalue weighted by atomic mass is 16.9. The number of rotatable bonds is 4. The number of hydrogen-bond acceptors (Lipinski definition) is 9. The van der Waals surface area contributed by atoms with Gasteiger partial charge in [0.15, 0.2) is 17.7 Å². The standard InChI is InChI=1S/C13H17N5O5/c1-2-20-13-22-8-6(3-19)21-12(9(8)23-13)18-5-17-7-10(14)15-4-16-11(7)18/h4-6,8-9,12-13,19H,2-3H2,1H3,(H2,14,15,16)/t6-,8-,9-,12-,13-/m0/s1. The molecule has 5 atom stereocenters. The molecule has 23 heavy (non-hydrogen) atoms. The molecule has 0 spiro atoms. The normalized spacial score (nSPS) is 33.4. The van der Waals surface area contributed by atoms with E-state index in [1.54, 1.807) is 10.9 Å². The van der Waals surface area contributed by atoms with E-state index in [4.69, 9.17) is 24.7 Å². The summed E-state index contributed by atoms with van der Waals surface area (Å²) in [7, 11) is 0. The molecule has 2 aliphatic rings. The second-order valence-corrected chi connectivity index (χ2v) is 5.28. The lowest BCUT2D eigenvalue weighted by Crippen LogP contribution is -2.31. The van der Waals surface area contributed by atoms with Crippen LogP contribution in [0.1, 0.15) is 13.2 Å². The van der Waals surface area contributed by atoms with Gasteiger partial charge < -0.3 is 29.8 Å². The van der Waals surface area contributed by atoms with E-state index >= 15 is 0 Å². The van der Waals surface area contributed by atoms with Gasteiger partial charge in [-0.15, -0.1) is 0 Å². The topological polar surface area (TPSA) is 127 Å². The van der Waals surface area contributed by atoms with Gasteiger partial charge in [-0.05, 0) is 6.92 Å². The van der Waals surface area contributed by atoms with E-state index in [0.29, 0.717) is 17.8 Å². The molecule has 4 rings (SSSR count). The van der Waals surface area contributed by atoms with E-state index in [1.165, 1.54) is 6.33 Å². The summed E-state index contributed by atoms with van der Waals surface area (Å²) in [5, 5.41) is 9.53. The number of aromatic nitrogens is 4. The van der Waals surface area contributed by atoms with Crippen LogP contribution >= 0.6 is 0 Å². The Labute approximate surface area is 131 Å². The first-order chi connectivity index (χ1) is 11.2. The fraction of sp³-hybridized carbons (Fsp3) is 0.615. The highest BCUT2D eigenvalue weighted by Crippen LogP contribution is 2.40. The molecule has 0 amide bonds. The van der Waals surface area contributed by atoms with Crippen molar-refractivity contribution >= 4 is 17.0 Å². The van der Waals surface area contributed by atoms with Crippen LogP contribution in [0.2, 0.25) is 0 Å². The number of nitrogens with two attached hydrogens (primary N) is 1. The molecule has 0 unspecified atom stereocenters. The van der Waals surface area contributed by atoms with Gasteiger partial charge in [0, 0.05) is 6.61 Å². The molecule has 10 heteroatoms. The van der Waals surface area contributed by atoms with Crippen LogP contribution in [0.5, 0.6) is 0 Å². The van der Waals surface area contributed by atoms with Crippen LogP contribution in [0, 0.1) is 0 Å². The Hall–Kier alpha value is -1.85. The Morgan fingerprint density at radius 2 is 2.09 bits per heavy atom. The van der Waals surface area contributed by atoms with Crippen LogP contribution in [-0.4, -0.2) is 62.6 Å². The third kappa shape index (κ3) is 2.26. The molecule has 2 aromatic heterocycles. The fourth-order valence-electron chi connectivity index (χ4n) is 2.95. The van der Waals surface area contributed by atoms with E-state index in [1.807, 2.05) is 6.92 Å². The maximum absolute atomic E-state index is 9.53. The minimum atomic E-state index is -0.773. The maximum atomic E-state index is 9.53. The molecule has 2 fully saturated rings. The summed E-state index contributed by atoms with van der Waals surface area (Å²) in [4.78, 5) is 12.3. The average Bonchev–Trinajstić information content (AvgIpc) is 3.21. The number of ether oxygens (including phenoxy) is 4. The van der Waals surface area contributed by atoms with Crippen molar-refractivity contribution in [1.29, 1.82) is 0 Å². The molecule has 0 aromatic carbocycles. The summed E-state index contributed by atoms with van der Waals surface area (Å²) in [5.41, 5.74) is 6.82. The van der Waals surface area contributed by atoms with Crippen molar-refractivity contribution in [3.8, 4) is 0 Å². The van der Waals surface area contributed by atoms with Crippen LogP contribution in [0.25, 0.3) is 11.2 Å². The van der Waals surface area contributed by atoms with Gasteiger partial charge in [-0.2, -0.15) is 0 Å². The summed E-state index contributed by atoms with van der Waals surface area (Å²) in [6, 6.07) is 0. The average molecular weight is 323 g/mol. The molecule has 0 radical (unpaired) electrons. The minimum Gasteiger partial charge on any atom is -0.394 e. The second kappa shape index (κ2) is 5.65. The third-order valence-corrected chi connectivity index (χ3v) is 3.97. The van der Waals surface area contributed by atoms with Crippen molar-refractivity contribution in [2.24, 2.45) is 0 Å². The third-order valence-electron chi connectivity index (χ3n) is 3.97. The highest BCUT2D eigenvalue weighted by Gasteiger charge is 2.54. The molecule has 0 bridgehead atoms. The van der Waals surface area contributed by atoms with Gasteiger partial charge in [0.05, 0.1) is 12.9 Å². The van der Waals surface area contributed by atoms with Gasteiger partial charge in [0.2, 0.25) is 0 Å². The molecular formula is C13H17N5O5. The second-order valence-electron chi connectivity index (χ2n) is 5.28. The Bertz CT molecular complexity index is 709. The minimum absolute atomic E-state index is 0.191. The lowest BCUT2D eigenvalue weighted by molar-refractivity contribution is -0.265. The fourth-order valence-corrected chi connectivity index (χ4v) is 2.95. The number of fused-ring (bicyclic) bond motifs is 2. The first kappa shape index (κ1) is 14.7. The van der Waals surface area contributed by atoms with E-state index in [-0.39, 0.29) is 12.4 Å². The van der Waals surface area contributed by atoms with Gasteiger partial charge in [0.1, 0.15) is 30.2 Å². The van der Waals surface area contributed by atoms with Crippen LogP contribution in [0.3, 0.4) is 0 Å². The Kier molecular flexibility index (Phi) is 3.62. The molecule has 0 saturated carbocycles. The molecule has 2 saturated heterocycles. The number of aliphatic hydroxyl groups is 1. The quantitative estimate of drug-likeness (QED) is 0.758. The zero-order valence-electron chi connectivity index (χ0n) is 12.4. The van der Waals surface area contributed by atoms with E-state index in [2.05, 4.69) is 15.0 Å². The number of nitrogen functional groups attached to an aromatic ring is 1. The monoisotopic (exact) mass is 323 g/mol. The number of nitrogens with zero attached hydrogens (tertiary/aromatic N) is 4. The van der Waals surface area contributed by atoms with Crippen molar-refractivity contribution in [2.45, 2.75) is 37.9 Å². The Morgan fingerprint density at radius 3 is 2.87 bits per heavy atom. The number of anilines is 1. The van der Waals surface area contributed by atoms with Crippen LogP contribution < -0.4 is 5.73 Å². The molecule has 10 nitrogen and oxygen atoms in total. The zero-order valence-corrected chi connectivity index (χ0v) is 12.4.